The van der Waals surface area contributed by atoms with Gasteiger partial charge in [0.15, 0.2) is 6.20 Å². The van der Waals surface area contributed by atoms with Crippen molar-refractivity contribution in [2.45, 2.75) is 13.5 Å². The molecule has 25 heavy (non-hydrogen) atoms. The molecule has 0 N–H and O–H groups in total. The number of ketones is 1. The number of hydrogen-bond donors (Lipinski definition) is 0. The summed E-state index contributed by atoms with van der Waals surface area (Å²) in [5, 5.41) is 3.41. The van der Waals surface area contributed by atoms with Crippen LogP contribution in [0.15, 0.2) is 79.0 Å². The molecule has 0 aliphatic carbocycles. The Balaban J connectivity index is 0.00000182. The zero-order valence-electron chi connectivity index (χ0n) is 13.9. The second-order valence-corrected chi connectivity index (χ2v) is 6.18. The van der Waals surface area contributed by atoms with Crippen molar-refractivity contribution < 1.29 is 26.3 Å². The van der Waals surface area contributed by atoms with E-state index < -0.39 is 0 Å². The molecule has 0 radical (unpaired) electrons. The molecule has 0 bridgehead atoms. The maximum absolute atomic E-state index is 12.7. The summed E-state index contributed by atoms with van der Waals surface area (Å²) in [6, 6.07) is 24.4. The number of halogens is 1. The highest BCUT2D eigenvalue weighted by molar-refractivity contribution is 5.99. The molecule has 124 valence electrons. The van der Waals surface area contributed by atoms with Gasteiger partial charge in [-0.3, -0.25) is 4.79 Å². The predicted octanol–water partition coefficient (Wildman–Crippen LogP) is 1.48. The maximum Gasteiger partial charge on any atom is 0.227 e. The Labute approximate surface area is 157 Å². The Kier molecular flexibility index (Phi) is 4.95. The first kappa shape index (κ1) is 17.3. The summed E-state index contributed by atoms with van der Waals surface area (Å²) >= 11 is 0. The number of rotatable bonds is 3. The second kappa shape index (κ2) is 7.16. The average molecular weight is 392 g/mol. The van der Waals surface area contributed by atoms with E-state index in [0.717, 1.165) is 27.2 Å². The molecular weight excluding hydrogens is 374 g/mol. The first-order valence-electron chi connectivity index (χ1n) is 8.11. The van der Waals surface area contributed by atoms with Crippen LogP contribution in [-0.2, 0) is 6.54 Å². The van der Waals surface area contributed by atoms with Crippen LogP contribution in [0.25, 0.3) is 21.7 Å². The number of aromatic nitrogens is 1. The van der Waals surface area contributed by atoms with E-state index in [1.54, 1.807) is 0 Å². The first-order chi connectivity index (χ1) is 11.7. The molecule has 0 fully saturated rings. The van der Waals surface area contributed by atoms with Gasteiger partial charge in [-0.05, 0) is 35.9 Å². The molecule has 1 aromatic heterocycles. The normalized spacial score (nSPS) is 10.6. The van der Waals surface area contributed by atoms with Gasteiger partial charge in [-0.1, -0.05) is 48.0 Å². The van der Waals surface area contributed by atoms with Crippen LogP contribution < -0.4 is 21.5 Å². The van der Waals surface area contributed by atoms with Crippen LogP contribution in [0, 0.1) is 6.92 Å². The third kappa shape index (κ3) is 3.47. The van der Waals surface area contributed by atoms with Gasteiger partial charge in [-0.25, -0.2) is 0 Å². The smallest absolute Gasteiger partial charge is 0.227 e. The lowest BCUT2D eigenvalue weighted by Crippen LogP contribution is -3.00. The Bertz CT molecular complexity index is 1070. The Hall–Kier alpha value is -2.52. The second-order valence-electron chi connectivity index (χ2n) is 6.18. The van der Waals surface area contributed by atoms with Crippen LogP contribution in [0.5, 0.6) is 0 Å². The van der Waals surface area contributed by atoms with Gasteiger partial charge in [-0.2, -0.15) is 4.57 Å². The molecule has 0 spiro atoms. The third-order valence-corrected chi connectivity index (χ3v) is 4.42. The molecule has 1 heterocycles. The predicted molar refractivity (Wildman–Crippen MR) is 97.2 cm³/mol. The quantitative estimate of drug-likeness (QED) is 0.382. The Morgan fingerprint density at radius 2 is 1.60 bits per heavy atom. The van der Waals surface area contributed by atoms with Crippen LogP contribution in [0.1, 0.15) is 15.9 Å². The van der Waals surface area contributed by atoms with E-state index in [4.69, 9.17) is 0 Å². The van der Waals surface area contributed by atoms with Gasteiger partial charge < -0.3 is 17.0 Å². The molecule has 0 amide bonds. The summed E-state index contributed by atoms with van der Waals surface area (Å²) in [5.41, 5.74) is 3.06. The van der Waals surface area contributed by atoms with Gasteiger partial charge in [-0.15, -0.1) is 0 Å². The average Bonchev–Trinajstić information content (AvgIpc) is 2.61. The highest BCUT2D eigenvalue weighted by Gasteiger charge is 2.15. The summed E-state index contributed by atoms with van der Waals surface area (Å²) < 4.78 is 2.02. The van der Waals surface area contributed by atoms with E-state index in [0.29, 0.717) is 6.54 Å². The van der Waals surface area contributed by atoms with Crippen LogP contribution in [0.3, 0.4) is 0 Å². The van der Waals surface area contributed by atoms with Gasteiger partial charge in [0.2, 0.25) is 17.8 Å². The minimum atomic E-state index is 0. The molecule has 3 heteroatoms. The Morgan fingerprint density at radius 3 is 2.44 bits per heavy atom. The summed E-state index contributed by atoms with van der Waals surface area (Å²) in [6.45, 7) is 2.43. The van der Waals surface area contributed by atoms with Crippen molar-refractivity contribution in [3.63, 3.8) is 0 Å². The van der Waals surface area contributed by atoms with E-state index in [1.807, 2.05) is 53.2 Å². The summed E-state index contributed by atoms with van der Waals surface area (Å²) in [6.07, 6.45) is 1.97. The zero-order chi connectivity index (χ0) is 16.5. The molecule has 0 aliphatic rings. The summed E-state index contributed by atoms with van der Waals surface area (Å²) in [4.78, 5) is 12.7. The number of pyridine rings is 1. The lowest BCUT2D eigenvalue weighted by atomic mass is 10.0. The van der Waals surface area contributed by atoms with Crippen LogP contribution >= 0.6 is 0 Å². The van der Waals surface area contributed by atoms with Crippen molar-refractivity contribution in [3.8, 4) is 0 Å². The third-order valence-electron chi connectivity index (χ3n) is 4.42. The highest BCUT2D eigenvalue weighted by atomic mass is 79.9. The van der Waals surface area contributed by atoms with Crippen molar-refractivity contribution in [3.05, 3.63) is 90.1 Å². The van der Waals surface area contributed by atoms with Gasteiger partial charge in [0.1, 0.15) is 0 Å². The topological polar surface area (TPSA) is 20.9 Å². The lowest BCUT2D eigenvalue weighted by molar-refractivity contribution is -0.657. The van der Waals surface area contributed by atoms with Gasteiger partial charge in [0.05, 0.1) is 0 Å². The van der Waals surface area contributed by atoms with Crippen LogP contribution in [0.4, 0.5) is 0 Å². The number of benzene rings is 3. The van der Waals surface area contributed by atoms with Crippen molar-refractivity contribution in [2.75, 3.05) is 0 Å². The van der Waals surface area contributed by atoms with E-state index in [2.05, 4.69) is 37.3 Å². The van der Waals surface area contributed by atoms with Crippen molar-refractivity contribution >= 4 is 27.5 Å². The van der Waals surface area contributed by atoms with Crippen LogP contribution in [-0.4, -0.2) is 5.78 Å². The fraction of sp³-hybridized carbons (Fsp3) is 0.0909. The molecule has 2 nitrogen and oxygen atoms in total. The number of aryl methyl sites for hydroxylation is 1. The minimum absolute atomic E-state index is 0. The SMILES string of the molecule is Cc1ccc2c(ccc[n+]2CC(=O)c2ccc3ccccc3c2)c1.[Br-]. The highest BCUT2D eigenvalue weighted by Crippen LogP contribution is 2.16. The van der Waals surface area contributed by atoms with E-state index in [1.165, 1.54) is 5.56 Å². The van der Waals surface area contributed by atoms with E-state index >= 15 is 0 Å². The summed E-state index contributed by atoms with van der Waals surface area (Å²) in [7, 11) is 0. The number of nitrogens with zero attached hydrogens (tertiary/aromatic N) is 1. The fourth-order valence-corrected chi connectivity index (χ4v) is 3.15. The van der Waals surface area contributed by atoms with Crippen molar-refractivity contribution in [1.82, 2.24) is 0 Å². The summed E-state index contributed by atoms with van der Waals surface area (Å²) in [5.74, 6) is 0.124. The number of carbonyl (C=O) groups excluding carboxylic acids is 1. The van der Waals surface area contributed by atoms with Gasteiger partial charge >= 0.3 is 0 Å². The van der Waals surface area contributed by atoms with E-state index in [-0.39, 0.29) is 22.8 Å². The first-order valence-corrected chi connectivity index (χ1v) is 8.11. The number of hydrogen-bond acceptors (Lipinski definition) is 1. The molecule has 0 unspecified atom stereocenters. The standard InChI is InChI=1S/C22H18NO.BrH/c1-16-8-11-21-19(13-16)7-4-12-23(21)15-22(24)20-10-9-17-5-2-3-6-18(17)14-20;/h2-14H,15H2,1H3;1H/q+1;/p-1. The number of fused-ring (bicyclic) bond motifs is 2. The molecule has 0 atom stereocenters. The minimum Gasteiger partial charge on any atom is -1.00 e. The maximum atomic E-state index is 12.7. The molecular formula is C22H18BrNO. The van der Waals surface area contributed by atoms with E-state index in [9.17, 15) is 4.79 Å². The molecule has 4 aromatic rings. The molecule has 0 saturated carbocycles. The molecule has 4 rings (SSSR count). The number of Topliss-reactive ketones (excluding diaryl/α,β-unsaturated/α-hetero) is 1. The van der Waals surface area contributed by atoms with Crippen molar-refractivity contribution in [1.29, 1.82) is 0 Å². The molecule has 0 aliphatic heterocycles. The fourth-order valence-electron chi connectivity index (χ4n) is 3.15. The lowest BCUT2D eigenvalue weighted by Gasteiger charge is -2.04. The molecule has 0 saturated heterocycles. The monoisotopic (exact) mass is 391 g/mol. The van der Waals surface area contributed by atoms with Gasteiger partial charge in [0, 0.05) is 23.1 Å². The number of carbonyl (C=O) groups is 1. The zero-order valence-corrected chi connectivity index (χ0v) is 15.5. The van der Waals surface area contributed by atoms with Gasteiger partial charge in [0.25, 0.3) is 0 Å². The Morgan fingerprint density at radius 1 is 0.840 bits per heavy atom. The largest absolute Gasteiger partial charge is 1.00 e. The van der Waals surface area contributed by atoms with Crippen molar-refractivity contribution in [2.24, 2.45) is 0 Å². The van der Waals surface area contributed by atoms with Crippen LogP contribution in [0.2, 0.25) is 0 Å². The molecule has 3 aromatic carbocycles.